The van der Waals surface area contributed by atoms with Gasteiger partial charge in [-0.1, -0.05) is 41.9 Å². The number of carboxylic acids is 2. The SMILES string of the molecule is Cc1cc(=O)nc2n1-c1ccc(Cl)cc1C(c1ccccc1)=NC2O.O=C(O)CCC(=O)O. The van der Waals surface area contributed by atoms with Gasteiger partial charge in [0.05, 0.1) is 24.2 Å². The second-order valence-electron chi connectivity index (χ2n) is 7.10. The lowest BCUT2D eigenvalue weighted by Gasteiger charge is -2.17. The summed E-state index contributed by atoms with van der Waals surface area (Å²) >= 11 is 6.22. The minimum absolute atomic E-state index is 0.194. The molecule has 0 saturated heterocycles. The second kappa shape index (κ2) is 10.2. The summed E-state index contributed by atoms with van der Waals surface area (Å²) in [5.41, 5.74) is 3.24. The molecule has 0 spiro atoms. The number of aliphatic carboxylic acids is 2. The van der Waals surface area contributed by atoms with Crippen molar-refractivity contribution in [2.75, 3.05) is 0 Å². The lowest BCUT2D eigenvalue weighted by molar-refractivity contribution is -0.143. The number of hydrogen-bond donors (Lipinski definition) is 3. The number of aryl methyl sites for hydroxylation is 1. The lowest BCUT2D eigenvalue weighted by Crippen LogP contribution is -2.20. The summed E-state index contributed by atoms with van der Waals surface area (Å²) in [5, 5.41) is 27.0. The first-order valence-electron chi connectivity index (χ1n) is 9.83. The van der Waals surface area contributed by atoms with Crippen molar-refractivity contribution in [3.05, 3.63) is 92.6 Å². The van der Waals surface area contributed by atoms with Crippen LogP contribution in [0.25, 0.3) is 5.69 Å². The highest BCUT2D eigenvalue weighted by atomic mass is 35.5. The molecule has 3 N–H and O–H groups in total. The van der Waals surface area contributed by atoms with E-state index in [1.807, 2.05) is 42.5 Å². The fourth-order valence-corrected chi connectivity index (χ4v) is 3.46. The van der Waals surface area contributed by atoms with Gasteiger partial charge in [-0.15, -0.1) is 0 Å². The quantitative estimate of drug-likeness (QED) is 0.533. The molecule has 0 aliphatic carbocycles. The van der Waals surface area contributed by atoms with Crippen LogP contribution >= 0.6 is 11.6 Å². The zero-order chi connectivity index (χ0) is 24.1. The van der Waals surface area contributed by atoms with Crippen LogP contribution in [0, 0.1) is 6.92 Å². The monoisotopic (exact) mass is 469 g/mol. The van der Waals surface area contributed by atoms with Crippen LogP contribution in [-0.2, 0) is 9.59 Å². The molecule has 33 heavy (non-hydrogen) atoms. The Morgan fingerprint density at radius 2 is 1.67 bits per heavy atom. The van der Waals surface area contributed by atoms with Crippen molar-refractivity contribution in [1.82, 2.24) is 9.55 Å². The molecule has 9 nitrogen and oxygen atoms in total. The number of halogens is 1. The van der Waals surface area contributed by atoms with Crippen molar-refractivity contribution < 1.29 is 24.9 Å². The van der Waals surface area contributed by atoms with Crippen molar-refractivity contribution >= 4 is 29.3 Å². The molecule has 2 aromatic carbocycles. The molecule has 1 atom stereocenters. The molecule has 2 heterocycles. The summed E-state index contributed by atoms with van der Waals surface area (Å²) in [6, 6.07) is 16.4. The minimum atomic E-state index is -1.26. The van der Waals surface area contributed by atoms with Crippen molar-refractivity contribution in [2.24, 2.45) is 4.99 Å². The summed E-state index contributed by atoms with van der Waals surface area (Å²) < 4.78 is 1.75. The predicted molar refractivity (Wildman–Crippen MR) is 121 cm³/mol. The smallest absolute Gasteiger partial charge is 0.303 e. The Hall–Kier alpha value is -3.82. The number of nitrogens with zero attached hydrogens (tertiary/aromatic N) is 3. The van der Waals surface area contributed by atoms with Gasteiger partial charge in [-0.25, -0.2) is 4.99 Å². The van der Waals surface area contributed by atoms with Gasteiger partial charge in [0.2, 0.25) is 6.23 Å². The second-order valence-corrected chi connectivity index (χ2v) is 7.53. The van der Waals surface area contributed by atoms with E-state index in [4.69, 9.17) is 21.8 Å². The molecule has 0 fully saturated rings. The van der Waals surface area contributed by atoms with E-state index >= 15 is 0 Å². The summed E-state index contributed by atoms with van der Waals surface area (Å²) in [5.74, 6) is -1.96. The molecule has 0 bridgehead atoms. The molecule has 1 unspecified atom stereocenters. The van der Waals surface area contributed by atoms with Crippen LogP contribution in [0.3, 0.4) is 0 Å². The van der Waals surface area contributed by atoms with E-state index in [9.17, 15) is 19.5 Å². The number of hydrogen-bond acceptors (Lipinski definition) is 6. The minimum Gasteiger partial charge on any atom is -0.481 e. The number of aliphatic hydroxyl groups is 1. The largest absolute Gasteiger partial charge is 0.481 e. The summed E-state index contributed by atoms with van der Waals surface area (Å²) in [6.07, 6.45) is -1.85. The molecule has 1 aliphatic rings. The molecule has 0 saturated carbocycles. The Bertz CT molecular complexity index is 1270. The predicted octanol–water partition coefficient (Wildman–Crippen LogP) is 2.97. The highest BCUT2D eigenvalue weighted by molar-refractivity contribution is 6.31. The normalized spacial score (nSPS) is 14.0. The number of aliphatic imine (C=N–C) groups is 1. The average Bonchev–Trinajstić information content (AvgIpc) is 2.88. The Morgan fingerprint density at radius 3 is 2.27 bits per heavy atom. The number of fused-ring (bicyclic) bond motifs is 3. The van der Waals surface area contributed by atoms with Crippen molar-refractivity contribution in [3.8, 4) is 5.69 Å². The van der Waals surface area contributed by atoms with Gasteiger partial charge in [0.1, 0.15) is 0 Å². The summed E-state index contributed by atoms with van der Waals surface area (Å²) in [4.78, 5) is 39.5. The van der Waals surface area contributed by atoms with Gasteiger partial charge < -0.3 is 15.3 Å². The maximum Gasteiger partial charge on any atom is 0.303 e. The van der Waals surface area contributed by atoms with Crippen molar-refractivity contribution in [2.45, 2.75) is 26.0 Å². The van der Waals surface area contributed by atoms with Gasteiger partial charge in [0.25, 0.3) is 5.56 Å². The van der Waals surface area contributed by atoms with Gasteiger partial charge in [0.15, 0.2) is 5.82 Å². The Labute approximate surface area is 193 Å². The number of carbonyl (C=O) groups is 2. The van der Waals surface area contributed by atoms with Gasteiger partial charge in [0, 0.05) is 27.9 Å². The Balaban J connectivity index is 0.000000331. The van der Waals surface area contributed by atoms with Crippen LogP contribution < -0.4 is 5.56 Å². The topological polar surface area (TPSA) is 142 Å². The molecule has 0 radical (unpaired) electrons. The number of aliphatic hydroxyl groups excluding tert-OH is 1. The molecule has 0 amide bonds. The first-order valence-corrected chi connectivity index (χ1v) is 10.2. The number of aromatic nitrogens is 2. The first-order chi connectivity index (χ1) is 15.7. The van der Waals surface area contributed by atoms with E-state index in [1.165, 1.54) is 6.07 Å². The van der Waals surface area contributed by atoms with E-state index in [1.54, 1.807) is 17.6 Å². The zero-order valence-electron chi connectivity index (χ0n) is 17.5. The highest BCUT2D eigenvalue weighted by Crippen LogP contribution is 2.30. The van der Waals surface area contributed by atoms with Gasteiger partial charge in [-0.05, 0) is 25.1 Å². The van der Waals surface area contributed by atoms with Crippen molar-refractivity contribution in [3.63, 3.8) is 0 Å². The van der Waals surface area contributed by atoms with Crippen LogP contribution in [0.15, 0.2) is 64.4 Å². The molecule has 170 valence electrons. The highest BCUT2D eigenvalue weighted by Gasteiger charge is 2.25. The Morgan fingerprint density at radius 1 is 1.03 bits per heavy atom. The molecular weight excluding hydrogens is 450 g/mol. The summed E-state index contributed by atoms with van der Waals surface area (Å²) in [6.45, 7) is 1.80. The first kappa shape index (κ1) is 23.8. The molecular formula is C23H20ClN3O6. The van der Waals surface area contributed by atoms with Crippen LogP contribution in [0.5, 0.6) is 0 Å². The third-order valence-corrected chi connectivity index (χ3v) is 4.91. The van der Waals surface area contributed by atoms with E-state index in [2.05, 4.69) is 9.98 Å². The molecule has 1 aromatic heterocycles. The number of benzene rings is 2. The fraction of sp³-hybridized carbons (Fsp3) is 0.174. The maximum absolute atomic E-state index is 11.8. The molecule has 10 heteroatoms. The molecule has 4 rings (SSSR count). The van der Waals surface area contributed by atoms with Crippen LogP contribution in [0.4, 0.5) is 0 Å². The van der Waals surface area contributed by atoms with Crippen molar-refractivity contribution in [1.29, 1.82) is 0 Å². The maximum atomic E-state index is 11.8. The molecule has 3 aromatic rings. The fourth-order valence-electron chi connectivity index (χ4n) is 3.29. The number of carboxylic acid groups (broad SMARTS) is 2. The average molecular weight is 470 g/mol. The lowest BCUT2D eigenvalue weighted by atomic mass is 10.0. The standard InChI is InChI=1S/C19H14ClN3O2.C4H6O4/c1-11-9-16(24)21-18-19(25)22-17(12-5-3-2-4-6-12)14-10-13(20)7-8-15(14)23(11)18;5-3(6)1-2-4(7)8/h2-10,19,25H,1H3;1-2H2,(H,5,6)(H,7,8). The van der Waals surface area contributed by atoms with E-state index in [0.29, 0.717) is 16.4 Å². The Kier molecular flexibility index (Phi) is 7.37. The third kappa shape index (κ3) is 5.71. The van der Waals surface area contributed by atoms with Crippen LogP contribution in [0.1, 0.15) is 41.7 Å². The van der Waals surface area contributed by atoms with E-state index in [-0.39, 0.29) is 18.7 Å². The third-order valence-electron chi connectivity index (χ3n) is 4.68. The van der Waals surface area contributed by atoms with E-state index in [0.717, 1.165) is 16.8 Å². The molecule has 1 aliphatic heterocycles. The van der Waals surface area contributed by atoms with E-state index < -0.39 is 23.7 Å². The van der Waals surface area contributed by atoms with Crippen LogP contribution in [0.2, 0.25) is 5.02 Å². The zero-order valence-corrected chi connectivity index (χ0v) is 18.2. The van der Waals surface area contributed by atoms with Crippen LogP contribution in [-0.4, -0.2) is 42.5 Å². The number of rotatable bonds is 4. The van der Waals surface area contributed by atoms with Gasteiger partial charge in [-0.2, -0.15) is 4.98 Å². The van der Waals surface area contributed by atoms with Gasteiger partial charge >= 0.3 is 11.9 Å². The summed E-state index contributed by atoms with van der Waals surface area (Å²) in [7, 11) is 0. The van der Waals surface area contributed by atoms with Gasteiger partial charge in [-0.3, -0.25) is 19.0 Å².